The average molecular weight is 354 g/mol. The molecule has 1 atom stereocenters. The molecule has 0 saturated carbocycles. The lowest BCUT2D eigenvalue weighted by Gasteiger charge is -2.42. The van der Waals surface area contributed by atoms with Crippen molar-refractivity contribution >= 4 is 23.5 Å². The Morgan fingerprint density at radius 2 is 1.96 bits per heavy atom. The minimum absolute atomic E-state index is 0.0124. The highest BCUT2D eigenvalue weighted by atomic mass is 16.2. The minimum atomic E-state index is -0.658. The molecule has 1 aromatic heterocycles. The molecule has 0 spiro atoms. The fourth-order valence-electron chi connectivity index (χ4n) is 3.44. The fourth-order valence-corrected chi connectivity index (χ4v) is 3.44. The van der Waals surface area contributed by atoms with Crippen LogP contribution in [0.3, 0.4) is 0 Å². The van der Waals surface area contributed by atoms with Crippen LogP contribution in [-0.2, 0) is 9.59 Å². The van der Waals surface area contributed by atoms with E-state index in [2.05, 4.69) is 15.5 Å². The number of nitrogen functional groups attached to an aromatic ring is 1. The molecular weight excluding hydrogens is 336 g/mol. The van der Waals surface area contributed by atoms with Crippen LogP contribution in [0, 0.1) is 0 Å². The van der Waals surface area contributed by atoms with Crippen molar-refractivity contribution in [3.05, 3.63) is 36.0 Å². The van der Waals surface area contributed by atoms with Crippen molar-refractivity contribution in [2.45, 2.75) is 6.04 Å². The lowest BCUT2D eigenvalue weighted by Crippen LogP contribution is -2.66. The van der Waals surface area contributed by atoms with Crippen molar-refractivity contribution in [1.82, 2.24) is 25.3 Å². The highest BCUT2D eigenvalue weighted by Gasteiger charge is 2.40. The van der Waals surface area contributed by atoms with Gasteiger partial charge in [0.15, 0.2) is 5.82 Å². The van der Waals surface area contributed by atoms with Crippen LogP contribution in [0.25, 0.3) is 11.1 Å². The van der Waals surface area contributed by atoms with Crippen LogP contribution in [0.15, 0.2) is 30.3 Å². The number of rotatable bonds is 2. The normalized spacial score (nSPS) is 19.9. The molecule has 134 valence electrons. The van der Waals surface area contributed by atoms with E-state index < -0.39 is 6.04 Å². The van der Waals surface area contributed by atoms with Crippen molar-refractivity contribution in [3.8, 4) is 11.1 Å². The van der Waals surface area contributed by atoms with E-state index in [0.717, 1.165) is 5.56 Å². The van der Waals surface area contributed by atoms with Crippen molar-refractivity contribution in [1.29, 1.82) is 0 Å². The topological polar surface area (TPSA) is 124 Å². The molecule has 1 aromatic carbocycles. The van der Waals surface area contributed by atoms with Crippen LogP contribution < -0.4 is 11.1 Å². The van der Waals surface area contributed by atoms with Gasteiger partial charge in [0.25, 0.3) is 5.91 Å². The van der Waals surface area contributed by atoms with Gasteiger partial charge in [0, 0.05) is 13.1 Å². The number of nitrogens with two attached hydrogens (primary N) is 1. The molecule has 0 bridgehead atoms. The van der Waals surface area contributed by atoms with Gasteiger partial charge in [-0.15, -0.1) is 0 Å². The Balaban J connectivity index is 1.62. The van der Waals surface area contributed by atoms with Gasteiger partial charge in [-0.25, -0.2) is 0 Å². The first-order chi connectivity index (χ1) is 12.6. The maximum absolute atomic E-state index is 13.0. The van der Waals surface area contributed by atoms with Crippen LogP contribution in [0.5, 0.6) is 0 Å². The van der Waals surface area contributed by atoms with E-state index in [1.165, 1.54) is 4.90 Å². The van der Waals surface area contributed by atoms with E-state index in [-0.39, 0.29) is 42.3 Å². The largest absolute Gasteiger partial charge is 0.382 e. The summed E-state index contributed by atoms with van der Waals surface area (Å²) >= 11 is 0. The molecule has 2 aliphatic heterocycles. The number of hydrogen-bond donors (Lipinski definition) is 3. The number of aromatic amines is 1. The van der Waals surface area contributed by atoms with E-state index in [1.807, 2.05) is 30.3 Å². The summed E-state index contributed by atoms with van der Waals surface area (Å²) in [5.41, 5.74) is 7.57. The summed E-state index contributed by atoms with van der Waals surface area (Å²) < 4.78 is 0. The van der Waals surface area contributed by atoms with Crippen LogP contribution in [0.1, 0.15) is 10.5 Å². The van der Waals surface area contributed by atoms with Gasteiger partial charge in [-0.1, -0.05) is 30.3 Å². The zero-order valence-corrected chi connectivity index (χ0v) is 13.9. The fraction of sp³-hybridized carbons (Fsp3) is 0.294. The van der Waals surface area contributed by atoms with Gasteiger partial charge in [0.1, 0.15) is 11.7 Å². The van der Waals surface area contributed by atoms with Gasteiger partial charge in [0.2, 0.25) is 11.8 Å². The molecule has 0 radical (unpaired) electrons. The maximum Gasteiger partial charge on any atom is 0.272 e. The van der Waals surface area contributed by atoms with E-state index in [4.69, 9.17) is 5.73 Å². The number of amides is 3. The van der Waals surface area contributed by atoms with Crippen molar-refractivity contribution in [3.63, 3.8) is 0 Å². The molecule has 0 unspecified atom stereocenters. The molecule has 4 rings (SSSR count). The first-order valence-corrected chi connectivity index (χ1v) is 8.32. The Kier molecular flexibility index (Phi) is 3.83. The van der Waals surface area contributed by atoms with E-state index >= 15 is 0 Å². The third-order valence-corrected chi connectivity index (χ3v) is 4.78. The zero-order valence-electron chi connectivity index (χ0n) is 13.9. The first kappa shape index (κ1) is 16.1. The summed E-state index contributed by atoms with van der Waals surface area (Å²) in [5.74, 6) is -0.422. The van der Waals surface area contributed by atoms with Crippen molar-refractivity contribution < 1.29 is 14.4 Å². The Bertz CT molecular complexity index is 878. The molecule has 2 aromatic rings. The predicted octanol–water partition coefficient (Wildman–Crippen LogP) is -0.558. The molecule has 3 heterocycles. The number of anilines is 1. The number of aromatic nitrogens is 2. The molecule has 9 nitrogen and oxygen atoms in total. The second-order valence-electron chi connectivity index (χ2n) is 6.30. The van der Waals surface area contributed by atoms with Crippen LogP contribution in [0.4, 0.5) is 5.82 Å². The predicted molar refractivity (Wildman–Crippen MR) is 92.9 cm³/mol. The molecular formula is C17H18N6O3. The number of benzene rings is 1. The summed E-state index contributed by atoms with van der Waals surface area (Å²) in [6.45, 7) is 0.830. The molecule has 4 N–H and O–H groups in total. The standard InChI is InChI=1S/C17H18N6O3/c18-15-13(10-4-2-1-3-5-10)14(20-21-15)17(26)22-6-7-23-11(9-22)16(25)19-8-12(23)24/h1-5,11H,6-9H2,(H,19,25)(H3,18,20,21)/t11-/m1/s1. The zero-order chi connectivity index (χ0) is 18.3. The third-order valence-electron chi connectivity index (χ3n) is 4.78. The summed E-state index contributed by atoms with van der Waals surface area (Å²) in [6, 6.07) is 8.62. The Hall–Kier alpha value is -3.36. The number of hydrogen-bond acceptors (Lipinski definition) is 5. The van der Waals surface area contributed by atoms with E-state index in [1.54, 1.807) is 4.90 Å². The molecule has 2 aliphatic rings. The van der Waals surface area contributed by atoms with Crippen molar-refractivity contribution in [2.75, 3.05) is 31.9 Å². The Morgan fingerprint density at radius 1 is 1.19 bits per heavy atom. The van der Waals surface area contributed by atoms with Gasteiger partial charge >= 0.3 is 0 Å². The van der Waals surface area contributed by atoms with Crippen molar-refractivity contribution in [2.24, 2.45) is 0 Å². The first-order valence-electron chi connectivity index (χ1n) is 8.32. The Morgan fingerprint density at radius 3 is 2.73 bits per heavy atom. The van der Waals surface area contributed by atoms with Gasteiger partial charge in [-0.05, 0) is 5.56 Å². The Labute approximate surface area is 149 Å². The summed E-state index contributed by atoms with van der Waals surface area (Å²) in [4.78, 5) is 40.1. The number of piperazine rings is 2. The second-order valence-corrected chi connectivity index (χ2v) is 6.30. The lowest BCUT2D eigenvalue weighted by molar-refractivity contribution is -0.148. The number of H-pyrrole nitrogens is 1. The number of carbonyl (C=O) groups is 3. The highest BCUT2D eigenvalue weighted by molar-refractivity contribution is 6.02. The van der Waals surface area contributed by atoms with E-state index in [0.29, 0.717) is 18.7 Å². The van der Waals surface area contributed by atoms with Crippen LogP contribution in [-0.4, -0.2) is 69.9 Å². The lowest BCUT2D eigenvalue weighted by atomic mass is 10.0. The van der Waals surface area contributed by atoms with Gasteiger partial charge in [-0.2, -0.15) is 5.10 Å². The monoisotopic (exact) mass is 354 g/mol. The number of nitrogens with zero attached hydrogens (tertiary/aromatic N) is 3. The minimum Gasteiger partial charge on any atom is -0.382 e. The molecule has 2 saturated heterocycles. The quantitative estimate of drug-likeness (QED) is 0.667. The van der Waals surface area contributed by atoms with Crippen LogP contribution >= 0.6 is 0 Å². The number of fused-ring (bicyclic) bond motifs is 1. The van der Waals surface area contributed by atoms with E-state index in [9.17, 15) is 14.4 Å². The molecule has 2 fully saturated rings. The van der Waals surface area contributed by atoms with Crippen LogP contribution in [0.2, 0.25) is 0 Å². The highest BCUT2D eigenvalue weighted by Crippen LogP contribution is 2.29. The SMILES string of the molecule is Nc1n[nH]c(C(=O)N2CCN3C(=O)CNC(=O)[C@H]3C2)c1-c1ccccc1. The maximum atomic E-state index is 13.0. The number of carbonyl (C=O) groups excluding carboxylic acids is 3. The second kappa shape index (κ2) is 6.17. The summed E-state index contributed by atoms with van der Waals surface area (Å²) in [6.07, 6.45) is 0. The number of nitrogens with one attached hydrogen (secondary N) is 2. The van der Waals surface area contributed by atoms with Gasteiger partial charge in [0.05, 0.1) is 18.7 Å². The smallest absolute Gasteiger partial charge is 0.272 e. The summed E-state index contributed by atoms with van der Waals surface area (Å²) in [7, 11) is 0. The average Bonchev–Trinajstić information content (AvgIpc) is 3.06. The van der Waals surface area contributed by atoms with Gasteiger partial charge in [-0.3, -0.25) is 19.5 Å². The molecule has 9 heteroatoms. The summed E-state index contributed by atoms with van der Waals surface area (Å²) in [5, 5.41) is 9.26. The molecule has 0 aliphatic carbocycles. The molecule has 3 amide bonds. The molecule has 26 heavy (non-hydrogen) atoms. The van der Waals surface area contributed by atoms with Gasteiger partial charge < -0.3 is 20.9 Å². The third kappa shape index (κ3) is 2.57.